The van der Waals surface area contributed by atoms with E-state index in [9.17, 15) is 18.0 Å². The molecule has 10 heteroatoms. The molecule has 0 bridgehead atoms. The molecule has 0 aliphatic heterocycles. The van der Waals surface area contributed by atoms with Crippen molar-refractivity contribution < 1.29 is 23.1 Å². The standard InChI is InChI=1S/C23H16F3N5O2/c1-13-9-16(12-17(10-13)28-22-27-8-7-20(29-22)23(24,25)26)19-6-5-18(30-31-19)14-3-2-4-15(11-14)21(32)33/h2-12H,1H3,(H,32,33)(H,27,28,29). The van der Waals surface area contributed by atoms with Gasteiger partial charge in [0.25, 0.3) is 0 Å². The van der Waals surface area contributed by atoms with Gasteiger partial charge in [-0.3, -0.25) is 0 Å². The molecular formula is C23H16F3N5O2. The highest BCUT2D eigenvalue weighted by Gasteiger charge is 2.32. The van der Waals surface area contributed by atoms with Crippen LogP contribution in [0.25, 0.3) is 22.5 Å². The van der Waals surface area contributed by atoms with Crippen molar-refractivity contribution in [2.75, 3.05) is 5.32 Å². The quantitative estimate of drug-likeness (QED) is 0.421. The lowest BCUT2D eigenvalue weighted by Gasteiger charge is -2.11. The van der Waals surface area contributed by atoms with Crippen molar-refractivity contribution in [3.05, 3.63) is 83.7 Å². The van der Waals surface area contributed by atoms with Crippen LogP contribution in [0.4, 0.5) is 24.8 Å². The van der Waals surface area contributed by atoms with Gasteiger partial charge in [-0.1, -0.05) is 12.1 Å². The highest BCUT2D eigenvalue weighted by atomic mass is 19.4. The third-order valence-electron chi connectivity index (χ3n) is 4.65. The SMILES string of the molecule is Cc1cc(Nc2nccc(C(F)(F)F)n2)cc(-c2ccc(-c3cccc(C(=O)O)c3)nn2)c1. The lowest BCUT2D eigenvalue weighted by molar-refractivity contribution is -0.141. The van der Waals surface area contributed by atoms with E-state index in [1.54, 1.807) is 36.4 Å². The number of carboxylic acids is 1. The third-order valence-corrected chi connectivity index (χ3v) is 4.65. The number of hydrogen-bond donors (Lipinski definition) is 2. The predicted octanol–water partition coefficient (Wildman–Crippen LogP) is 5.37. The lowest BCUT2D eigenvalue weighted by Crippen LogP contribution is -2.10. The van der Waals surface area contributed by atoms with E-state index >= 15 is 0 Å². The Morgan fingerprint density at radius 1 is 0.939 bits per heavy atom. The fourth-order valence-electron chi connectivity index (χ4n) is 3.16. The molecule has 4 aromatic rings. The number of benzene rings is 2. The van der Waals surface area contributed by atoms with Crippen molar-refractivity contribution in [1.82, 2.24) is 20.2 Å². The van der Waals surface area contributed by atoms with E-state index in [0.717, 1.165) is 17.8 Å². The van der Waals surface area contributed by atoms with E-state index in [-0.39, 0.29) is 11.5 Å². The Hall–Kier alpha value is -4.34. The number of aromatic nitrogens is 4. The number of nitrogens with zero attached hydrogens (tertiary/aromatic N) is 4. The highest BCUT2D eigenvalue weighted by molar-refractivity contribution is 5.89. The maximum absolute atomic E-state index is 12.9. The van der Waals surface area contributed by atoms with E-state index in [0.29, 0.717) is 28.2 Å². The molecule has 0 unspecified atom stereocenters. The zero-order valence-corrected chi connectivity index (χ0v) is 17.1. The first-order valence-corrected chi connectivity index (χ1v) is 9.66. The van der Waals surface area contributed by atoms with Crippen LogP contribution in [0.5, 0.6) is 0 Å². The van der Waals surface area contributed by atoms with Crippen molar-refractivity contribution in [3.8, 4) is 22.5 Å². The van der Waals surface area contributed by atoms with E-state index in [1.165, 1.54) is 12.1 Å². The minimum Gasteiger partial charge on any atom is -0.478 e. The van der Waals surface area contributed by atoms with Gasteiger partial charge in [-0.05, 0) is 61.0 Å². The Labute approximate surface area is 186 Å². The molecule has 2 aromatic heterocycles. The van der Waals surface area contributed by atoms with E-state index < -0.39 is 17.8 Å². The van der Waals surface area contributed by atoms with E-state index in [1.807, 2.05) is 13.0 Å². The molecule has 0 aliphatic carbocycles. The molecule has 0 atom stereocenters. The van der Waals surface area contributed by atoms with Gasteiger partial charge in [-0.2, -0.15) is 13.2 Å². The van der Waals surface area contributed by atoms with Crippen LogP contribution in [-0.4, -0.2) is 31.2 Å². The topological polar surface area (TPSA) is 101 Å². The van der Waals surface area contributed by atoms with Crippen LogP contribution in [0.2, 0.25) is 0 Å². The zero-order chi connectivity index (χ0) is 23.6. The molecule has 2 heterocycles. The molecule has 0 saturated carbocycles. The molecule has 2 N–H and O–H groups in total. The molecular weight excluding hydrogens is 435 g/mol. The van der Waals surface area contributed by atoms with Gasteiger partial charge in [0.2, 0.25) is 5.95 Å². The van der Waals surface area contributed by atoms with Gasteiger partial charge in [0.15, 0.2) is 0 Å². The van der Waals surface area contributed by atoms with Gasteiger partial charge in [-0.15, -0.1) is 10.2 Å². The summed E-state index contributed by atoms with van der Waals surface area (Å²) in [4.78, 5) is 18.6. The Kier molecular flexibility index (Phi) is 5.74. The van der Waals surface area contributed by atoms with Crippen LogP contribution in [0.15, 0.2) is 66.9 Å². The Bertz CT molecular complexity index is 1320. The summed E-state index contributed by atoms with van der Waals surface area (Å²) in [7, 11) is 0. The van der Waals surface area contributed by atoms with Gasteiger partial charge in [0, 0.05) is 23.0 Å². The minimum absolute atomic E-state index is 0.143. The zero-order valence-electron chi connectivity index (χ0n) is 17.1. The van der Waals surface area contributed by atoms with Gasteiger partial charge in [0.1, 0.15) is 5.69 Å². The van der Waals surface area contributed by atoms with Gasteiger partial charge < -0.3 is 10.4 Å². The second kappa shape index (κ2) is 8.65. The Morgan fingerprint density at radius 2 is 1.67 bits per heavy atom. The van der Waals surface area contributed by atoms with Crippen LogP contribution in [0, 0.1) is 6.92 Å². The molecule has 0 fully saturated rings. The number of hydrogen-bond acceptors (Lipinski definition) is 6. The fourth-order valence-corrected chi connectivity index (χ4v) is 3.16. The van der Waals surface area contributed by atoms with Crippen molar-refractivity contribution in [2.24, 2.45) is 0 Å². The molecule has 0 radical (unpaired) electrons. The Morgan fingerprint density at radius 3 is 2.33 bits per heavy atom. The maximum Gasteiger partial charge on any atom is 0.433 e. The van der Waals surface area contributed by atoms with Crippen LogP contribution in [0.3, 0.4) is 0 Å². The number of halogens is 3. The van der Waals surface area contributed by atoms with E-state index in [2.05, 4.69) is 25.5 Å². The fraction of sp³-hybridized carbons (Fsp3) is 0.0870. The summed E-state index contributed by atoms with van der Waals surface area (Å²) in [6.07, 6.45) is -3.53. The average molecular weight is 451 g/mol. The summed E-state index contributed by atoms with van der Waals surface area (Å²) in [6.45, 7) is 1.83. The summed E-state index contributed by atoms with van der Waals surface area (Å²) in [5, 5.41) is 20.4. The molecule has 7 nitrogen and oxygen atoms in total. The largest absolute Gasteiger partial charge is 0.478 e. The summed E-state index contributed by atoms with van der Waals surface area (Å²) in [5.74, 6) is -1.22. The van der Waals surface area contributed by atoms with E-state index in [4.69, 9.17) is 5.11 Å². The van der Waals surface area contributed by atoms with Crippen LogP contribution < -0.4 is 5.32 Å². The summed E-state index contributed by atoms with van der Waals surface area (Å²) >= 11 is 0. The molecule has 2 aromatic carbocycles. The monoisotopic (exact) mass is 451 g/mol. The highest BCUT2D eigenvalue weighted by Crippen LogP contribution is 2.29. The van der Waals surface area contributed by atoms with Gasteiger partial charge in [-0.25, -0.2) is 14.8 Å². The molecule has 0 amide bonds. The molecule has 166 valence electrons. The Balaban J connectivity index is 1.61. The number of carboxylic acid groups (broad SMARTS) is 1. The number of carbonyl (C=O) groups is 1. The first-order chi connectivity index (χ1) is 15.7. The second-order valence-electron chi connectivity index (χ2n) is 7.17. The number of aryl methyl sites for hydroxylation is 1. The number of alkyl halides is 3. The summed E-state index contributed by atoms with van der Waals surface area (Å²) in [6, 6.07) is 15.9. The molecule has 33 heavy (non-hydrogen) atoms. The maximum atomic E-state index is 12.9. The number of aromatic carboxylic acids is 1. The number of anilines is 2. The first kappa shape index (κ1) is 21.9. The van der Waals surface area contributed by atoms with Crippen molar-refractivity contribution in [1.29, 1.82) is 0 Å². The first-order valence-electron chi connectivity index (χ1n) is 9.66. The third kappa shape index (κ3) is 5.12. The molecule has 0 spiro atoms. The summed E-state index contributed by atoms with van der Waals surface area (Å²) in [5.41, 5.74) is 2.76. The average Bonchev–Trinajstić information content (AvgIpc) is 2.78. The van der Waals surface area contributed by atoms with Crippen molar-refractivity contribution in [3.63, 3.8) is 0 Å². The molecule has 0 aliphatic rings. The van der Waals surface area contributed by atoms with Crippen LogP contribution >= 0.6 is 0 Å². The van der Waals surface area contributed by atoms with Crippen LogP contribution in [-0.2, 0) is 6.18 Å². The van der Waals surface area contributed by atoms with Crippen molar-refractivity contribution >= 4 is 17.6 Å². The smallest absolute Gasteiger partial charge is 0.433 e. The summed E-state index contributed by atoms with van der Waals surface area (Å²) < 4.78 is 38.7. The number of nitrogens with one attached hydrogen (secondary N) is 1. The van der Waals surface area contributed by atoms with Gasteiger partial charge >= 0.3 is 12.1 Å². The number of rotatable bonds is 5. The predicted molar refractivity (Wildman–Crippen MR) is 115 cm³/mol. The molecule has 0 saturated heterocycles. The minimum atomic E-state index is -4.57. The second-order valence-corrected chi connectivity index (χ2v) is 7.17. The van der Waals surface area contributed by atoms with Crippen LogP contribution in [0.1, 0.15) is 21.6 Å². The molecule has 4 rings (SSSR count). The lowest BCUT2D eigenvalue weighted by atomic mass is 10.1. The van der Waals surface area contributed by atoms with Gasteiger partial charge in [0.05, 0.1) is 17.0 Å². The normalized spacial score (nSPS) is 11.3. The van der Waals surface area contributed by atoms with Crippen molar-refractivity contribution in [2.45, 2.75) is 13.1 Å².